The molecule has 8 nitrogen and oxygen atoms in total. The average Bonchev–Trinajstić information content (AvgIpc) is 3.01. The van der Waals surface area contributed by atoms with Gasteiger partial charge in [-0.25, -0.2) is 13.1 Å². The molecule has 1 saturated heterocycles. The van der Waals surface area contributed by atoms with E-state index in [2.05, 4.69) is 10.0 Å². The summed E-state index contributed by atoms with van der Waals surface area (Å²) in [5.74, 6) is 0.462. The first-order chi connectivity index (χ1) is 20.3. The van der Waals surface area contributed by atoms with Crippen LogP contribution in [0.1, 0.15) is 48.5 Å². The van der Waals surface area contributed by atoms with Crippen LogP contribution < -0.4 is 14.8 Å². The Hall–Kier alpha value is -4.21. The highest BCUT2D eigenvalue weighted by Gasteiger charge is 2.27. The predicted molar refractivity (Wildman–Crippen MR) is 164 cm³/mol. The van der Waals surface area contributed by atoms with Gasteiger partial charge in [0, 0.05) is 47.6 Å². The third kappa shape index (κ3) is 6.98. The Morgan fingerprint density at radius 2 is 1.52 bits per heavy atom. The van der Waals surface area contributed by atoms with Crippen molar-refractivity contribution in [1.29, 1.82) is 0 Å². The summed E-state index contributed by atoms with van der Waals surface area (Å²) < 4.78 is 35.6. The van der Waals surface area contributed by atoms with Gasteiger partial charge in [0.05, 0.1) is 4.90 Å². The number of likely N-dealkylation sites (tertiary alicyclic amines) is 1. The highest BCUT2D eigenvalue weighted by molar-refractivity contribution is 7.89. The van der Waals surface area contributed by atoms with Gasteiger partial charge in [0.25, 0.3) is 5.91 Å². The molecule has 2 N–H and O–H groups in total. The molecule has 0 spiro atoms. The van der Waals surface area contributed by atoms with Crippen molar-refractivity contribution in [2.45, 2.75) is 50.2 Å². The summed E-state index contributed by atoms with van der Waals surface area (Å²) >= 11 is 0. The van der Waals surface area contributed by atoms with E-state index in [4.69, 9.17) is 4.74 Å². The number of carbonyl (C=O) groups excluding carboxylic acids is 2. The van der Waals surface area contributed by atoms with E-state index in [1.54, 1.807) is 48.5 Å². The van der Waals surface area contributed by atoms with E-state index >= 15 is 0 Å². The van der Waals surface area contributed by atoms with Crippen LogP contribution in [0.15, 0.2) is 95.9 Å². The summed E-state index contributed by atoms with van der Waals surface area (Å²) in [5.41, 5.74) is 2.02. The van der Waals surface area contributed by atoms with Gasteiger partial charge in [0.15, 0.2) is 0 Å². The second-order valence-corrected chi connectivity index (χ2v) is 12.1. The quantitative estimate of drug-likeness (QED) is 0.247. The molecule has 1 fully saturated rings. The maximum Gasteiger partial charge on any atom is 0.255 e. The molecule has 2 amide bonds. The van der Waals surface area contributed by atoms with Gasteiger partial charge in [-0.2, -0.15) is 0 Å². The fourth-order valence-corrected chi connectivity index (χ4v) is 6.67. The van der Waals surface area contributed by atoms with Crippen molar-refractivity contribution in [2.24, 2.45) is 0 Å². The fraction of sp³-hybridized carbons (Fsp3) is 0.273. The Bertz CT molecular complexity index is 1650. The van der Waals surface area contributed by atoms with Crippen molar-refractivity contribution in [1.82, 2.24) is 9.62 Å². The summed E-state index contributed by atoms with van der Waals surface area (Å²) in [7, 11) is -3.84. The largest absolute Gasteiger partial charge is 0.489 e. The lowest BCUT2D eigenvalue weighted by molar-refractivity contribution is -0.132. The normalized spacial score (nSPS) is 14.1. The van der Waals surface area contributed by atoms with Crippen molar-refractivity contribution in [2.75, 3.05) is 18.4 Å². The van der Waals surface area contributed by atoms with Gasteiger partial charge in [-0.15, -0.1) is 0 Å². The number of sulfonamides is 1. The topological polar surface area (TPSA) is 105 Å². The zero-order valence-corrected chi connectivity index (χ0v) is 24.4. The molecule has 4 aromatic carbocycles. The van der Waals surface area contributed by atoms with E-state index in [1.165, 1.54) is 6.07 Å². The Kier molecular flexibility index (Phi) is 9.19. The number of anilines is 1. The predicted octanol–water partition coefficient (Wildman–Crippen LogP) is 5.74. The minimum atomic E-state index is -3.84. The number of fused-ring (bicyclic) bond motifs is 1. The van der Waals surface area contributed by atoms with Crippen LogP contribution in [0.25, 0.3) is 10.8 Å². The standard InChI is InChI=1S/C33H35N3O5S/c1-2-8-32(37)36-21-19-26(20-22-36)35-42(39,40)31-18-17-30(28-11-6-7-12-29(28)31)34-33(38)25-13-15-27(16-14-25)41-23-24-9-4-3-5-10-24/h3-7,9-18,26,35H,2,8,19-23H2,1H3,(H,34,38). The van der Waals surface area contributed by atoms with E-state index < -0.39 is 10.0 Å². The van der Waals surface area contributed by atoms with Gasteiger partial charge in [0.1, 0.15) is 12.4 Å². The van der Waals surface area contributed by atoms with Crippen LogP contribution in [0, 0.1) is 0 Å². The zero-order chi connectivity index (χ0) is 29.5. The monoisotopic (exact) mass is 585 g/mol. The van der Waals surface area contributed by atoms with Crippen LogP contribution in [-0.2, 0) is 21.4 Å². The molecule has 9 heteroatoms. The van der Waals surface area contributed by atoms with Crippen LogP contribution in [0.4, 0.5) is 5.69 Å². The van der Waals surface area contributed by atoms with Crippen LogP contribution >= 0.6 is 0 Å². The summed E-state index contributed by atoms with van der Waals surface area (Å²) in [6.07, 6.45) is 2.44. The zero-order valence-electron chi connectivity index (χ0n) is 23.6. The minimum Gasteiger partial charge on any atom is -0.489 e. The third-order valence-corrected chi connectivity index (χ3v) is 9.00. The highest BCUT2D eigenvalue weighted by atomic mass is 32.2. The molecule has 0 bridgehead atoms. The van der Waals surface area contributed by atoms with E-state index in [0.717, 1.165) is 12.0 Å². The van der Waals surface area contributed by atoms with Crippen molar-refractivity contribution in [3.63, 3.8) is 0 Å². The second kappa shape index (κ2) is 13.2. The first-order valence-corrected chi connectivity index (χ1v) is 15.7. The first-order valence-electron chi connectivity index (χ1n) is 14.2. The molecule has 0 aliphatic carbocycles. The lowest BCUT2D eigenvalue weighted by atomic mass is 10.1. The third-order valence-electron chi connectivity index (χ3n) is 7.42. The minimum absolute atomic E-state index is 0.120. The van der Waals surface area contributed by atoms with Gasteiger partial charge >= 0.3 is 0 Å². The molecule has 1 heterocycles. The lowest BCUT2D eigenvalue weighted by Crippen LogP contribution is -2.46. The molecule has 1 aliphatic heterocycles. The van der Waals surface area contributed by atoms with Crippen molar-refractivity contribution < 1.29 is 22.7 Å². The summed E-state index contributed by atoms with van der Waals surface area (Å²) in [6, 6.07) is 26.8. The molecule has 4 aromatic rings. The van der Waals surface area contributed by atoms with Gasteiger partial charge in [0.2, 0.25) is 15.9 Å². The molecule has 42 heavy (non-hydrogen) atoms. The average molecular weight is 586 g/mol. The smallest absolute Gasteiger partial charge is 0.255 e. The summed E-state index contributed by atoms with van der Waals surface area (Å²) in [6.45, 7) is 3.48. The Morgan fingerprint density at radius 1 is 0.857 bits per heavy atom. The van der Waals surface area contributed by atoms with Gasteiger partial charge < -0.3 is 15.0 Å². The van der Waals surface area contributed by atoms with E-state index in [9.17, 15) is 18.0 Å². The number of nitrogens with one attached hydrogen (secondary N) is 2. The number of ether oxygens (including phenoxy) is 1. The van der Waals surface area contributed by atoms with Crippen LogP contribution in [0.3, 0.4) is 0 Å². The van der Waals surface area contributed by atoms with Crippen LogP contribution in [0.5, 0.6) is 5.75 Å². The molecule has 0 radical (unpaired) electrons. The summed E-state index contributed by atoms with van der Waals surface area (Å²) in [5, 5.41) is 4.07. The molecule has 1 aliphatic rings. The Morgan fingerprint density at radius 3 is 2.21 bits per heavy atom. The van der Waals surface area contributed by atoms with Crippen LogP contribution in [0.2, 0.25) is 0 Å². The molecule has 218 valence electrons. The molecule has 0 atom stereocenters. The number of nitrogens with zero attached hydrogens (tertiary/aromatic N) is 1. The van der Waals surface area contributed by atoms with E-state index in [-0.39, 0.29) is 22.8 Å². The Labute approximate surface area is 246 Å². The summed E-state index contributed by atoms with van der Waals surface area (Å²) in [4.78, 5) is 27.3. The second-order valence-electron chi connectivity index (χ2n) is 10.4. The van der Waals surface area contributed by atoms with Crippen molar-refractivity contribution in [3.05, 3.63) is 102 Å². The fourth-order valence-electron chi connectivity index (χ4n) is 5.15. The molecular formula is C33H35N3O5S. The van der Waals surface area contributed by atoms with Crippen LogP contribution in [-0.4, -0.2) is 44.3 Å². The van der Waals surface area contributed by atoms with Gasteiger partial charge in [-0.1, -0.05) is 61.5 Å². The van der Waals surface area contributed by atoms with E-state index in [1.807, 2.05) is 48.2 Å². The maximum absolute atomic E-state index is 13.5. The van der Waals surface area contributed by atoms with Crippen molar-refractivity contribution in [3.8, 4) is 5.75 Å². The van der Waals surface area contributed by atoms with Gasteiger partial charge in [-0.3, -0.25) is 9.59 Å². The van der Waals surface area contributed by atoms with Gasteiger partial charge in [-0.05, 0) is 61.2 Å². The molecule has 5 rings (SSSR count). The SMILES string of the molecule is CCCC(=O)N1CCC(NS(=O)(=O)c2ccc(NC(=O)c3ccc(OCc4ccccc4)cc3)c3ccccc23)CC1. The number of hydrogen-bond donors (Lipinski definition) is 2. The number of benzene rings is 4. The number of hydrogen-bond acceptors (Lipinski definition) is 5. The van der Waals surface area contributed by atoms with E-state index in [0.29, 0.717) is 66.7 Å². The molecule has 0 aromatic heterocycles. The lowest BCUT2D eigenvalue weighted by Gasteiger charge is -2.32. The maximum atomic E-state index is 13.5. The highest BCUT2D eigenvalue weighted by Crippen LogP contribution is 2.30. The molecule has 0 unspecified atom stereocenters. The number of carbonyl (C=O) groups is 2. The number of amides is 2. The first kappa shape index (κ1) is 29.3. The number of piperidine rings is 1. The molecule has 0 saturated carbocycles. The van der Waals surface area contributed by atoms with Crippen molar-refractivity contribution >= 4 is 38.3 Å². The number of rotatable bonds is 10. The molecular weight excluding hydrogens is 550 g/mol. The Balaban J connectivity index is 1.26.